The van der Waals surface area contributed by atoms with E-state index in [9.17, 15) is 4.79 Å². The number of benzene rings is 1. The van der Waals surface area contributed by atoms with Crippen molar-refractivity contribution in [1.29, 1.82) is 0 Å². The van der Waals surface area contributed by atoms with E-state index in [1.54, 1.807) is 12.4 Å². The molecule has 0 fully saturated rings. The Labute approximate surface area is 145 Å². The average Bonchev–Trinajstić information content (AvgIpc) is 3.28. The van der Waals surface area contributed by atoms with E-state index in [4.69, 9.17) is 0 Å². The molecule has 0 bridgehead atoms. The minimum atomic E-state index is -0.0995. The summed E-state index contributed by atoms with van der Waals surface area (Å²) in [5.74, 6) is 0.810. The van der Waals surface area contributed by atoms with Crippen molar-refractivity contribution >= 4 is 11.6 Å². The number of nitrogens with zero attached hydrogens (tertiary/aromatic N) is 4. The number of aromatic amines is 1. The molecule has 7 heteroatoms. The number of hydrogen-bond acceptors (Lipinski definition) is 5. The van der Waals surface area contributed by atoms with Crippen molar-refractivity contribution in [2.45, 2.75) is 12.5 Å². The number of likely N-dealkylation sites (N-methyl/N-ethyl adjacent to an activating group) is 1. The molecular weight excluding hydrogens is 316 g/mol. The first-order chi connectivity index (χ1) is 12.2. The number of carbonyl (C=O) groups is 1. The van der Waals surface area contributed by atoms with Crippen LogP contribution in [-0.2, 0) is 6.54 Å². The summed E-state index contributed by atoms with van der Waals surface area (Å²) in [6.07, 6.45) is 4.97. The Bertz CT molecular complexity index is 878. The molecule has 25 heavy (non-hydrogen) atoms. The Morgan fingerprint density at radius 2 is 2.32 bits per heavy atom. The van der Waals surface area contributed by atoms with Gasteiger partial charge >= 0.3 is 0 Å². The van der Waals surface area contributed by atoms with E-state index in [2.05, 4.69) is 30.4 Å². The van der Waals surface area contributed by atoms with Gasteiger partial charge in [0.1, 0.15) is 12.2 Å². The van der Waals surface area contributed by atoms with Gasteiger partial charge in [-0.25, -0.2) is 4.98 Å². The number of carbonyl (C=O) groups excluding carboxylic acids is 1. The van der Waals surface area contributed by atoms with Gasteiger partial charge < -0.3 is 10.2 Å². The molecule has 0 radical (unpaired) electrons. The third-order valence-electron chi connectivity index (χ3n) is 4.47. The number of rotatable bonds is 4. The second-order valence-electron chi connectivity index (χ2n) is 6.12. The Morgan fingerprint density at radius 1 is 1.40 bits per heavy atom. The Balaban J connectivity index is 1.56. The molecule has 3 heterocycles. The molecule has 1 aliphatic rings. The first kappa shape index (κ1) is 15.3. The van der Waals surface area contributed by atoms with Crippen LogP contribution in [-0.4, -0.2) is 39.7 Å². The SMILES string of the molecule is CN1C[C@@H](c2ncn[nH]2)c2cc(C(=O)NCc3cccnc3)ccc21. The molecule has 3 aromatic rings. The summed E-state index contributed by atoms with van der Waals surface area (Å²) >= 11 is 0. The number of anilines is 1. The van der Waals surface area contributed by atoms with Crippen molar-refractivity contribution < 1.29 is 4.79 Å². The summed E-state index contributed by atoms with van der Waals surface area (Å²) in [5.41, 5.74) is 3.82. The molecule has 0 spiro atoms. The quantitative estimate of drug-likeness (QED) is 0.758. The first-order valence-electron chi connectivity index (χ1n) is 8.10. The van der Waals surface area contributed by atoms with Crippen LogP contribution in [0.2, 0.25) is 0 Å². The van der Waals surface area contributed by atoms with Crippen molar-refractivity contribution in [1.82, 2.24) is 25.5 Å². The Hall–Kier alpha value is -3.22. The molecule has 4 rings (SSSR count). The van der Waals surface area contributed by atoms with Gasteiger partial charge in [-0.1, -0.05) is 6.07 Å². The van der Waals surface area contributed by atoms with Gasteiger partial charge in [-0.3, -0.25) is 14.9 Å². The Morgan fingerprint density at radius 3 is 3.08 bits per heavy atom. The minimum Gasteiger partial charge on any atom is -0.373 e. The normalized spacial score (nSPS) is 15.9. The number of nitrogens with one attached hydrogen (secondary N) is 2. The Kier molecular flexibility index (Phi) is 3.89. The lowest BCUT2D eigenvalue weighted by atomic mass is 9.98. The molecule has 2 N–H and O–H groups in total. The summed E-state index contributed by atoms with van der Waals surface area (Å²) in [7, 11) is 2.04. The fourth-order valence-electron chi connectivity index (χ4n) is 3.20. The van der Waals surface area contributed by atoms with Gasteiger partial charge in [0.05, 0.1) is 5.92 Å². The third kappa shape index (κ3) is 2.96. The van der Waals surface area contributed by atoms with Crippen LogP contribution in [0.1, 0.15) is 33.2 Å². The van der Waals surface area contributed by atoms with E-state index in [-0.39, 0.29) is 11.8 Å². The van der Waals surface area contributed by atoms with Crippen molar-refractivity contribution in [3.05, 3.63) is 71.6 Å². The molecule has 1 aromatic carbocycles. The van der Waals surface area contributed by atoms with E-state index < -0.39 is 0 Å². The first-order valence-corrected chi connectivity index (χ1v) is 8.10. The lowest BCUT2D eigenvalue weighted by molar-refractivity contribution is 0.0951. The van der Waals surface area contributed by atoms with Crippen LogP contribution >= 0.6 is 0 Å². The van der Waals surface area contributed by atoms with Gasteiger partial charge in [0.25, 0.3) is 5.91 Å². The number of fused-ring (bicyclic) bond motifs is 1. The van der Waals surface area contributed by atoms with Crippen molar-refractivity contribution in [3.63, 3.8) is 0 Å². The van der Waals surface area contributed by atoms with Gasteiger partial charge in [0.15, 0.2) is 0 Å². The molecule has 0 saturated carbocycles. The van der Waals surface area contributed by atoms with Crippen LogP contribution in [0, 0.1) is 0 Å². The maximum absolute atomic E-state index is 12.5. The van der Waals surface area contributed by atoms with Crippen LogP contribution in [0.5, 0.6) is 0 Å². The molecular formula is C18H18N6O. The van der Waals surface area contributed by atoms with Crippen LogP contribution in [0.25, 0.3) is 0 Å². The zero-order valence-electron chi connectivity index (χ0n) is 13.8. The second kappa shape index (κ2) is 6.35. The van der Waals surface area contributed by atoms with Gasteiger partial charge in [0, 0.05) is 43.8 Å². The lowest BCUT2D eigenvalue weighted by Gasteiger charge is -2.12. The van der Waals surface area contributed by atoms with Crippen LogP contribution in [0.15, 0.2) is 49.1 Å². The molecule has 1 aliphatic heterocycles. The van der Waals surface area contributed by atoms with E-state index in [0.717, 1.165) is 29.2 Å². The smallest absolute Gasteiger partial charge is 0.251 e. The average molecular weight is 334 g/mol. The lowest BCUT2D eigenvalue weighted by Crippen LogP contribution is -2.23. The van der Waals surface area contributed by atoms with E-state index in [0.29, 0.717) is 12.1 Å². The van der Waals surface area contributed by atoms with E-state index >= 15 is 0 Å². The standard InChI is InChI=1S/C18H18N6O/c1-24-10-15(17-21-11-22-23-17)14-7-13(4-5-16(14)24)18(25)20-9-12-3-2-6-19-8-12/h2-8,11,15H,9-10H2,1H3,(H,20,25)(H,21,22,23)/t15-/m1/s1. The molecule has 126 valence electrons. The molecule has 1 amide bonds. The monoisotopic (exact) mass is 334 g/mol. The summed E-state index contributed by atoms with van der Waals surface area (Å²) in [6.45, 7) is 1.26. The van der Waals surface area contributed by atoms with E-state index in [1.807, 2.05) is 37.4 Å². The van der Waals surface area contributed by atoms with Crippen molar-refractivity contribution in [2.24, 2.45) is 0 Å². The highest BCUT2D eigenvalue weighted by Gasteiger charge is 2.30. The number of hydrogen-bond donors (Lipinski definition) is 2. The number of H-pyrrole nitrogens is 1. The summed E-state index contributed by atoms with van der Waals surface area (Å²) in [6, 6.07) is 9.59. The molecule has 7 nitrogen and oxygen atoms in total. The van der Waals surface area contributed by atoms with Crippen molar-refractivity contribution in [2.75, 3.05) is 18.5 Å². The van der Waals surface area contributed by atoms with Crippen LogP contribution in [0.4, 0.5) is 5.69 Å². The maximum Gasteiger partial charge on any atom is 0.251 e. The third-order valence-corrected chi connectivity index (χ3v) is 4.47. The van der Waals surface area contributed by atoms with Crippen molar-refractivity contribution in [3.8, 4) is 0 Å². The van der Waals surface area contributed by atoms with Gasteiger partial charge in [-0.15, -0.1) is 0 Å². The highest BCUT2D eigenvalue weighted by Crippen LogP contribution is 2.38. The highest BCUT2D eigenvalue weighted by molar-refractivity contribution is 5.95. The van der Waals surface area contributed by atoms with Crippen LogP contribution in [0.3, 0.4) is 0 Å². The fourth-order valence-corrected chi connectivity index (χ4v) is 3.20. The second-order valence-corrected chi connectivity index (χ2v) is 6.12. The summed E-state index contributed by atoms with van der Waals surface area (Å²) < 4.78 is 0. The number of pyridine rings is 1. The zero-order chi connectivity index (χ0) is 17.2. The topological polar surface area (TPSA) is 86.8 Å². The predicted octanol–water partition coefficient (Wildman–Crippen LogP) is 1.71. The van der Waals surface area contributed by atoms with Gasteiger partial charge in [0.2, 0.25) is 0 Å². The predicted molar refractivity (Wildman–Crippen MR) is 93.3 cm³/mol. The van der Waals surface area contributed by atoms with E-state index in [1.165, 1.54) is 6.33 Å². The fraction of sp³-hybridized carbons (Fsp3) is 0.222. The molecule has 0 aliphatic carbocycles. The summed E-state index contributed by atoms with van der Waals surface area (Å²) in [5, 5.41) is 9.82. The minimum absolute atomic E-state index is 0.0913. The van der Waals surface area contributed by atoms with Gasteiger partial charge in [-0.05, 0) is 35.4 Å². The van der Waals surface area contributed by atoms with Gasteiger partial charge in [-0.2, -0.15) is 5.10 Å². The molecule has 0 saturated heterocycles. The summed E-state index contributed by atoms with van der Waals surface area (Å²) in [4.78, 5) is 23.0. The highest BCUT2D eigenvalue weighted by atomic mass is 16.1. The van der Waals surface area contributed by atoms with Crippen LogP contribution < -0.4 is 10.2 Å². The number of amides is 1. The molecule has 0 unspecified atom stereocenters. The zero-order valence-corrected chi connectivity index (χ0v) is 13.8. The molecule has 1 atom stereocenters. The number of aromatic nitrogens is 4. The largest absolute Gasteiger partial charge is 0.373 e. The maximum atomic E-state index is 12.5. The molecule has 2 aromatic heterocycles.